The predicted molar refractivity (Wildman–Crippen MR) is 143 cm³/mol. The number of amides is 1. The second-order valence-corrected chi connectivity index (χ2v) is 10.8. The first-order valence-electron chi connectivity index (χ1n) is 12.8. The molecule has 240 valence electrons. The average molecular weight is 643 g/mol. The molecule has 3 heterocycles. The van der Waals surface area contributed by atoms with Gasteiger partial charge < -0.3 is 19.8 Å². The monoisotopic (exact) mass is 642 g/mol. The molecule has 0 bridgehead atoms. The largest absolute Gasteiger partial charge is 0.497 e. The van der Waals surface area contributed by atoms with Gasteiger partial charge in [-0.2, -0.15) is 26.3 Å². The molecule has 43 heavy (non-hydrogen) atoms. The zero-order chi connectivity index (χ0) is 32.6. The van der Waals surface area contributed by atoms with Gasteiger partial charge in [-0.3, -0.25) is 14.6 Å². The second-order valence-electron chi connectivity index (χ2n) is 9.77. The van der Waals surface area contributed by atoms with Crippen LogP contribution in [0.1, 0.15) is 29.1 Å². The number of carbonyl (C=O) groups is 3. The summed E-state index contributed by atoms with van der Waals surface area (Å²) in [6.07, 6.45) is -8.41. The van der Waals surface area contributed by atoms with Crippen molar-refractivity contribution in [2.75, 3.05) is 40.3 Å². The number of thiazole rings is 1. The number of carboxylic acids is 2. The molecular formula is C26H32F6N4O6S. The fraction of sp³-hybridized carbons (Fsp3) is 0.538. The van der Waals surface area contributed by atoms with E-state index in [1.807, 2.05) is 24.0 Å². The third-order valence-electron chi connectivity index (χ3n) is 6.87. The molecule has 0 aliphatic carbocycles. The van der Waals surface area contributed by atoms with Gasteiger partial charge in [-0.05, 0) is 44.5 Å². The van der Waals surface area contributed by atoms with Crippen molar-refractivity contribution in [1.82, 2.24) is 19.7 Å². The van der Waals surface area contributed by atoms with Crippen molar-refractivity contribution in [3.63, 3.8) is 0 Å². The molecule has 0 saturated carbocycles. The van der Waals surface area contributed by atoms with Crippen molar-refractivity contribution in [3.8, 4) is 5.75 Å². The number of piperidine rings is 1. The lowest BCUT2D eigenvalue weighted by molar-refractivity contribution is -0.193. The minimum absolute atomic E-state index is 0.279. The first-order valence-corrected chi connectivity index (χ1v) is 13.6. The van der Waals surface area contributed by atoms with E-state index in [1.54, 1.807) is 18.4 Å². The second kappa shape index (κ2) is 14.8. The number of alkyl halides is 6. The maximum Gasteiger partial charge on any atom is 0.490 e. The lowest BCUT2D eigenvalue weighted by Crippen LogP contribution is -2.67. The molecule has 2 aromatic rings. The maximum absolute atomic E-state index is 13.5. The number of nitrogens with zero attached hydrogens (tertiary/aromatic N) is 4. The van der Waals surface area contributed by atoms with Crippen LogP contribution >= 0.6 is 11.3 Å². The van der Waals surface area contributed by atoms with Crippen LogP contribution in [0.3, 0.4) is 0 Å². The van der Waals surface area contributed by atoms with Gasteiger partial charge in [0.15, 0.2) is 0 Å². The number of likely N-dealkylation sites (tertiary alicyclic amines) is 1. The number of aromatic nitrogens is 1. The van der Waals surface area contributed by atoms with E-state index >= 15 is 0 Å². The van der Waals surface area contributed by atoms with Gasteiger partial charge in [-0.25, -0.2) is 14.6 Å². The number of carboxylic acid groups (broad SMARTS) is 2. The van der Waals surface area contributed by atoms with E-state index in [9.17, 15) is 31.1 Å². The van der Waals surface area contributed by atoms with E-state index < -0.39 is 24.3 Å². The number of aryl methyl sites for hydroxylation is 1. The fourth-order valence-electron chi connectivity index (χ4n) is 4.54. The third kappa shape index (κ3) is 10.4. The molecule has 2 aliphatic heterocycles. The summed E-state index contributed by atoms with van der Waals surface area (Å²) >= 11 is 1.65. The number of ether oxygens (including phenoxy) is 1. The Hall–Kier alpha value is -3.44. The number of halogens is 6. The molecule has 10 nitrogen and oxygen atoms in total. The topological polar surface area (TPSA) is 124 Å². The van der Waals surface area contributed by atoms with Crippen LogP contribution < -0.4 is 4.74 Å². The minimum atomic E-state index is -5.08. The Kier molecular flexibility index (Phi) is 12.3. The number of hydrogen-bond acceptors (Lipinski definition) is 8. The summed E-state index contributed by atoms with van der Waals surface area (Å²) in [7, 11) is 3.80. The number of rotatable bonds is 5. The van der Waals surface area contributed by atoms with Crippen LogP contribution in [0.5, 0.6) is 5.75 Å². The minimum Gasteiger partial charge on any atom is -0.497 e. The highest BCUT2D eigenvalue weighted by Crippen LogP contribution is 2.34. The molecule has 4 rings (SSSR count). The van der Waals surface area contributed by atoms with E-state index in [4.69, 9.17) is 24.5 Å². The highest BCUT2D eigenvalue weighted by Gasteiger charge is 2.49. The van der Waals surface area contributed by atoms with Crippen LogP contribution in [0.25, 0.3) is 0 Å². The first-order chi connectivity index (χ1) is 19.9. The Balaban J connectivity index is 0.000000384. The summed E-state index contributed by atoms with van der Waals surface area (Å²) in [5.74, 6) is -4.35. The summed E-state index contributed by atoms with van der Waals surface area (Å²) in [5, 5.41) is 17.4. The van der Waals surface area contributed by atoms with Crippen LogP contribution in [0.2, 0.25) is 0 Å². The highest BCUT2D eigenvalue weighted by molar-refractivity contribution is 7.09. The number of piperazine rings is 1. The van der Waals surface area contributed by atoms with E-state index in [0.29, 0.717) is 6.54 Å². The number of hydrogen-bond donors (Lipinski definition) is 2. The van der Waals surface area contributed by atoms with Gasteiger partial charge in [0, 0.05) is 38.1 Å². The van der Waals surface area contributed by atoms with Crippen LogP contribution in [-0.2, 0) is 27.5 Å². The zero-order valence-corrected chi connectivity index (χ0v) is 24.4. The molecule has 17 heteroatoms. The van der Waals surface area contributed by atoms with Crippen LogP contribution in [0.4, 0.5) is 26.3 Å². The SMILES string of the molecule is COc1ccc(CN2CCC3(CC2)C(=O)N(Cc2csc(C)n2)CCN3C)cc1.O=C(O)C(F)(F)F.O=C(O)C(F)(F)F. The molecule has 2 fully saturated rings. The van der Waals surface area contributed by atoms with Crippen molar-refractivity contribution in [3.05, 3.63) is 45.9 Å². The lowest BCUT2D eigenvalue weighted by Gasteiger charge is -2.51. The third-order valence-corrected chi connectivity index (χ3v) is 7.70. The zero-order valence-electron chi connectivity index (χ0n) is 23.5. The molecule has 2 N–H and O–H groups in total. The summed E-state index contributed by atoms with van der Waals surface area (Å²) < 4.78 is 68.7. The molecule has 1 spiro atoms. The number of carbonyl (C=O) groups excluding carboxylic acids is 1. The molecule has 1 aromatic carbocycles. The van der Waals surface area contributed by atoms with Gasteiger partial charge in [0.25, 0.3) is 0 Å². The summed E-state index contributed by atoms with van der Waals surface area (Å²) in [4.78, 5) is 42.6. The van der Waals surface area contributed by atoms with Gasteiger partial charge in [0.2, 0.25) is 5.91 Å². The molecule has 0 radical (unpaired) electrons. The Morgan fingerprint density at radius 2 is 1.47 bits per heavy atom. The Labute approximate surface area is 247 Å². The number of likely N-dealkylation sites (N-methyl/N-ethyl adjacent to an activating group) is 1. The number of benzene rings is 1. The van der Waals surface area contributed by atoms with Gasteiger partial charge >= 0.3 is 24.3 Å². The van der Waals surface area contributed by atoms with Crippen molar-refractivity contribution in [2.24, 2.45) is 0 Å². The normalized spacial score (nSPS) is 17.4. The van der Waals surface area contributed by atoms with E-state index in [2.05, 4.69) is 39.3 Å². The highest BCUT2D eigenvalue weighted by atomic mass is 32.1. The Morgan fingerprint density at radius 3 is 1.88 bits per heavy atom. The summed E-state index contributed by atoms with van der Waals surface area (Å²) in [6.45, 7) is 7.14. The van der Waals surface area contributed by atoms with E-state index in [-0.39, 0.29) is 11.4 Å². The van der Waals surface area contributed by atoms with Crippen molar-refractivity contribution >= 4 is 29.2 Å². The summed E-state index contributed by atoms with van der Waals surface area (Å²) in [5.41, 5.74) is 1.93. The van der Waals surface area contributed by atoms with E-state index in [1.165, 1.54) is 5.56 Å². The smallest absolute Gasteiger partial charge is 0.490 e. The van der Waals surface area contributed by atoms with Gasteiger partial charge in [0.1, 0.15) is 11.3 Å². The summed E-state index contributed by atoms with van der Waals surface area (Å²) in [6, 6.07) is 8.27. The quantitative estimate of drug-likeness (QED) is 0.466. The van der Waals surface area contributed by atoms with Gasteiger partial charge in [0.05, 0.1) is 24.4 Å². The Bertz CT molecular complexity index is 1210. The molecule has 0 atom stereocenters. The van der Waals surface area contributed by atoms with Crippen molar-refractivity contribution in [1.29, 1.82) is 0 Å². The van der Waals surface area contributed by atoms with Gasteiger partial charge in [-0.1, -0.05) is 12.1 Å². The van der Waals surface area contributed by atoms with Crippen molar-refractivity contribution < 1.29 is 55.7 Å². The lowest BCUT2D eigenvalue weighted by atomic mass is 9.82. The van der Waals surface area contributed by atoms with Gasteiger partial charge in [-0.15, -0.1) is 11.3 Å². The maximum atomic E-state index is 13.5. The standard InChI is InChI=1S/C22H30N4O2S.2C2HF3O2/c1-17-23-19(16-29-17)15-26-13-12-24(2)22(21(26)27)8-10-25(11-9-22)14-18-4-6-20(28-3)7-5-18;2*3-2(4,5)1(6)7/h4-7,16H,8-15H2,1-3H3;2*(H,6,7). The first kappa shape index (κ1) is 35.8. The predicted octanol–water partition coefficient (Wildman–Crippen LogP) is 4.04. The number of aliphatic carboxylic acids is 2. The van der Waals surface area contributed by atoms with E-state index in [0.717, 1.165) is 62.0 Å². The molecule has 1 aromatic heterocycles. The van der Waals surface area contributed by atoms with Crippen molar-refractivity contribution in [2.45, 2.75) is 50.7 Å². The number of methoxy groups -OCH3 is 1. The Morgan fingerprint density at radius 1 is 0.953 bits per heavy atom. The van der Waals surface area contributed by atoms with Crippen LogP contribution in [-0.4, -0.2) is 106 Å². The molecule has 2 aliphatic rings. The molecule has 0 unspecified atom stereocenters. The molecular weight excluding hydrogens is 610 g/mol. The van der Waals surface area contributed by atoms with Crippen LogP contribution in [0, 0.1) is 6.92 Å². The molecule has 2 saturated heterocycles. The average Bonchev–Trinajstić information content (AvgIpc) is 3.34. The molecule has 1 amide bonds. The fourth-order valence-corrected chi connectivity index (χ4v) is 5.14. The van der Waals surface area contributed by atoms with Crippen LogP contribution in [0.15, 0.2) is 29.6 Å².